The third-order valence-electron chi connectivity index (χ3n) is 3.13. The summed E-state index contributed by atoms with van der Waals surface area (Å²) in [5.74, 6) is 0.444. The minimum absolute atomic E-state index is 0.187. The SMILES string of the molecule is COC(=O)CCOC1(CN)CCC(C)C1. The number of esters is 1. The fourth-order valence-corrected chi connectivity index (χ4v) is 2.18. The zero-order valence-corrected chi connectivity index (χ0v) is 9.62. The molecule has 4 nitrogen and oxygen atoms in total. The number of methoxy groups -OCH3 is 1. The summed E-state index contributed by atoms with van der Waals surface area (Å²) >= 11 is 0. The van der Waals surface area contributed by atoms with Crippen molar-refractivity contribution < 1.29 is 14.3 Å². The van der Waals surface area contributed by atoms with Crippen molar-refractivity contribution in [1.29, 1.82) is 0 Å². The fraction of sp³-hybridized carbons (Fsp3) is 0.909. The van der Waals surface area contributed by atoms with Gasteiger partial charge in [0.15, 0.2) is 0 Å². The third-order valence-corrected chi connectivity index (χ3v) is 3.13. The van der Waals surface area contributed by atoms with Crippen LogP contribution in [0, 0.1) is 5.92 Å². The Balaban J connectivity index is 2.31. The van der Waals surface area contributed by atoms with Crippen LogP contribution in [0.5, 0.6) is 0 Å². The smallest absolute Gasteiger partial charge is 0.307 e. The van der Waals surface area contributed by atoms with Crippen LogP contribution in [0.3, 0.4) is 0 Å². The highest BCUT2D eigenvalue weighted by Crippen LogP contribution is 2.36. The molecule has 0 saturated heterocycles. The second-order valence-corrected chi connectivity index (χ2v) is 4.41. The summed E-state index contributed by atoms with van der Waals surface area (Å²) < 4.78 is 10.3. The lowest BCUT2D eigenvalue weighted by Gasteiger charge is -2.27. The molecule has 0 heterocycles. The molecule has 0 bridgehead atoms. The van der Waals surface area contributed by atoms with Crippen molar-refractivity contribution in [3.8, 4) is 0 Å². The van der Waals surface area contributed by atoms with Gasteiger partial charge in [-0.05, 0) is 25.2 Å². The molecular formula is C11H21NO3. The molecule has 1 fully saturated rings. The molecule has 0 aliphatic heterocycles. The number of hydrogen-bond acceptors (Lipinski definition) is 4. The molecule has 2 N–H and O–H groups in total. The second kappa shape index (κ2) is 5.47. The van der Waals surface area contributed by atoms with Crippen molar-refractivity contribution in [1.82, 2.24) is 0 Å². The maximum Gasteiger partial charge on any atom is 0.307 e. The van der Waals surface area contributed by atoms with E-state index in [0.717, 1.165) is 19.3 Å². The van der Waals surface area contributed by atoms with Crippen molar-refractivity contribution in [3.63, 3.8) is 0 Å². The number of ether oxygens (including phenoxy) is 2. The molecule has 0 amide bonds. The molecule has 0 radical (unpaired) electrons. The molecule has 1 saturated carbocycles. The molecule has 15 heavy (non-hydrogen) atoms. The first-order chi connectivity index (χ1) is 7.12. The Morgan fingerprint density at radius 2 is 2.33 bits per heavy atom. The van der Waals surface area contributed by atoms with Crippen LogP contribution in [0.4, 0.5) is 0 Å². The first kappa shape index (κ1) is 12.5. The number of rotatable bonds is 5. The Labute approximate surface area is 91.1 Å². The number of nitrogens with two attached hydrogens (primary N) is 1. The first-order valence-electron chi connectivity index (χ1n) is 5.53. The lowest BCUT2D eigenvalue weighted by molar-refractivity contribution is -0.143. The minimum Gasteiger partial charge on any atom is -0.469 e. The van der Waals surface area contributed by atoms with Gasteiger partial charge in [0.2, 0.25) is 0 Å². The van der Waals surface area contributed by atoms with Gasteiger partial charge in [-0.25, -0.2) is 0 Å². The van der Waals surface area contributed by atoms with Crippen LogP contribution in [0.2, 0.25) is 0 Å². The van der Waals surface area contributed by atoms with Gasteiger partial charge in [-0.2, -0.15) is 0 Å². The van der Waals surface area contributed by atoms with Crippen LogP contribution in [0.1, 0.15) is 32.6 Å². The van der Waals surface area contributed by atoms with Gasteiger partial charge in [-0.3, -0.25) is 4.79 Å². The van der Waals surface area contributed by atoms with E-state index in [-0.39, 0.29) is 11.6 Å². The Morgan fingerprint density at radius 1 is 1.60 bits per heavy atom. The van der Waals surface area contributed by atoms with Gasteiger partial charge in [0.25, 0.3) is 0 Å². The molecule has 0 aromatic heterocycles. The quantitative estimate of drug-likeness (QED) is 0.697. The Morgan fingerprint density at radius 3 is 2.80 bits per heavy atom. The van der Waals surface area contributed by atoms with Gasteiger partial charge >= 0.3 is 5.97 Å². The number of carbonyl (C=O) groups excluding carboxylic acids is 1. The monoisotopic (exact) mass is 215 g/mol. The van der Waals surface area contributed by atoms with E-state index in [4.69, 9.17) is 10.5 Å². The average Bonchev–Trinajstić information content (AvgIpc) is 2.61. The molecule has 1 aliphatic rings. The van der Waals surface area contributed by atoms with Crippen LogP contribution in [0.25, 0.3) is 0 Å². The zero-order chi connectivity index (χ0) is 11.3. The van der Waals surface area contributed by atoms with Gasteiger partial charge in [0.05, 0.1) is 25.7 Å². The summed E-state index contributed by atoms with van der Waals surface area (Å²) in [4.78, 5) is 10.9. The highest BCUT2D eigenvalue weighted by Gasteiger charge is 2.37. The molecular weight excluding hydrogens is 194 g/mol. The van der Waals surface area contributed by atoms with E-state index < -0.39 is 0 Å². The number of hydrogen-bond donors (Lipinski definition) is 1. The van der Waals surface area contributed by atoms with Crippen LogP contribution in [-0.4, -0.2) is 31.8 Å². The average molecular weight is 215 g/mol. The van der Waals surface area contributed by atoms with Gasteiger partial charge in [0.1, 0.15) is 0 Å². The summed E-state index contributed by atoms with van der Waals surface area (Å²) in [6, 6.07) is 0. The largest absolute Gasteiger partial charge is 0.469 e. The molecule has 0 aromatic carbocycles. The standard InChI is InChI=1S/C11H21NO3/c1-9-3-5-11(7-9,8-12)15-6-4-10(13)14-2/h9H,3-8,12H2,1-2H3. The topological polar surface area (TPSA) is 61.5 Å². The van der Waals surface area contributed by atoms with E-state index in [1.54, 1.807) is 0 Å². The van der Waals surface area contributed by atoms with Crippen molar-refractivity contribution in [2.45, 2.75) is 38.2 Å². The molecule has 0 aromatic rings. The van der Waals surface area contributed by atoms with Crippen LogP contribution in [0.15, 0.2) is 0 Å². The maximum atomic E-state index is 10.9. The van der Waals surface area contributed by atoms with E-state index in [0.29, 0.717) is 25.5 Å². The Bertz CT molecular complexity index is 220. The third kappa shape index (κ3) is 3.47. The van der Waals surface area contributed by atoms with E-state index in [9.17, 15) is 4.79 Å². The van der Waals surface area contributed by atoms with Gasteiger partial charge in [0, 0.05) is 6.54 Å². The molecule has 2 atom stereocenters. The lowest BCUT2D eigenvalue weighted by atomic mass is 10.0. The summed E-state index contributed by atoms with van der Waals surface area (Å²) in [6.45, 7) is 3.16. The van der Waals surface area contributed by atoms with Crippen LogP contribution >= 0.6 is 0 Å². The summed E-state index contributed by atoms with van der Waals surface area (Å²) in [5.41, 5.74) is 5.55. The highest BCUT2D eigenvalue weighted by molar-refractivity contribution is 5.69. The zero-order valence-electron chi connectivity index (χ0n) is 9.62. The normalized spacial score (nSPS) is 30.5. The molecule has 88 valence electrons. The summed E-state index contributed by atoms with van der Waals surface area (Å²) in [7, 11) is 1.39. The van der Waals surface area contributed by atoms with Crippen molar-refractivity contribution >= 4 is 5.97 Å². The van der Waals surface area contributed by atoms with Crippen LogP contribution in [-0.2, 0) is 14.3 Å². The molecule has 0 spiro atoms. The van der Waals surface area contributed by atoms with E-state index >= 15 is 0 Å². The predicted octanol–water partition coefficient (Wildman–Crippen LogP) is 1.08. The second-order valence-electron chi connectivity index (χ2n) is 4.41. The fourth-order valence-electron chi connectivity index (χ4n) is 2.18. The van der Waals surface area contributed by atoms with Gasteiger partial charge in [-0.1, -0.05) is 6.92 Å². The minimum atomic E-state index is -0.229. The summed E-state index contributed by atoms with van der Waals surface area (Å²) in [6.07, 6.45) is 3.48. The summed E-state index contributed by atoms with van der Waals surface area (Å²) in [5, 5.41) is 0. The maximum absolute atomic E-state index is 10.9. The van der Waals surface area contributed by atoms with Crippen LogP contribution < -0.4 is 5.73 Å². The molecule has 2 unspecified atom stereocenters. The Hall–Kier alpha value is -0.610. The van der Waals surface area contributed by atoms with E-state index in [2.05, 4.69) is 11.7 Å². The number of carbonyl (C=O) groups is 1. The van der Waals surface area contributed by atoms with E-state index in [1.165, 1.54) is 7.11 Å². The highest BCUT2D eigenvalue weighted by atomic mass is 16.5. The molecule has 1 rings (SSSR count). The predicted molar refractivity (Wildman–Crippen MR) is 57.4 cm³/mol. The van der Waals surface area contributed by atoms with Crippen molar-refractivity contribution in [3.05, 3.63) is 0 Å². The molecule has 4 heteroatoms. The lowest BCUT2D eigenvalue weighted by Crippen LogP contribution is -2.38. The first-order valence-corrected chi connectivity index (χ1v) is 5.53. The van der Waals surface area contributed by atoms with Crippen molar-refractivity contribution in [2.75, 3.05) is 20.3 Å². The Kier molecular flexibility index (Phi) is 4.54. The molecule has 1 aliphatic carbocycles. The van der Waals surface area contributed by atoms with Gasteiger partial charge < -0.3 is 15.2 Å². The van der Waals surface area contributed by atoms with Crippen molar-refractivity contribution in [2.24, 2.45) is 11.7 Å². The van der Waals surface area contributed by atoms with E-state index in [1.807, 2.05) is 0 Å². The van der Waals surface area contributed by atoms with Gasteiger partial charge in [-0.15, -0.1) is 0 Å².